The molecule has 24 heavy (non-hydrogen) atoms. The van der Waals surface area contributed by atoms with Crippen molar-refractivity contribution in [3.05, 3.63) is 59.1 Å². The van der Waals surface area contributed by atoms with Gasteiger partial charge >= 0.3 is 0 Å². The maximum atomic E-state index is 12.4. The number of ether oxygens (including phenoxy) is 2. The molecule has 3 aromatic rings. The first-order valence-electron chi connectivity index (χ1n) is 7.49. The van der Waals surface area contributed by atoms with Crippen molar-refractivity contribution >= 4 is 27.5 Å². The molecule has 124 valence electrons. The number of thiazole rings is 1. The van der Waals surface area contributed by atoms with Crippen LogP contribution in [0.2, 0.25) is 0 Å². The minimum atomic E-state index is -0.243. The van der Waals surface area contributed by atoms with E-state index in [0.717, 1.165) is 21.5 Å². The first-order valence-corrected chi connectivity index (χ1v) is 8.37. The zero-order valence-electron chi connectivity index (χ0n) is 13.5. The van der Waals surface area contributed by atoms with Crippen LogP contribution in [0, 0.1) is 0 Å². The smallest absolute Gasteiger partial charge is 0.251 e. The van der Waals surface area contributed by atoms with Gasteiger partial charge in [-0.15, -0.1) is 11.3 Å². The Balaban J connectivity index is 1.69. The second-order valence-electron chi connectivity index (χ2n) is 5.25. The van der Waals surface area contributed by atoms with Gasteiger partial charge in [-0.1, -0.05) is 12.1 Å². The van der Waals surface area contributed by atoms with E-state index < -0.39 is 0 Å². The number of rotatable bonds is 6. The van der Waals surface area contributed by atoms with Crippen LogP contribution in [0.25, 0.3) is 10.2 Å². The predicted molar refractivity (Wildman–Crippen MR) is 94.7 cm³/mol. The summed E-state index contributed by atoms with van der Waals surface area (Å²) in [6, 6.07) is 13.2. The van der Waals surface area contributed by atoms with Crippen molar-refractivity contribution in [2.24, 2.45) is 0 Å². The standard InChI is InChI=1S/C18H18N2O3S/c1-22-14-5-3-4-12(8-14)16(23-2)10-19-18(21)13-6-7-17-15(9-13)20-11-24-17/h3-9,11,16H,10H2,1-2H3,(H,19,21). The molecule has 0 aliphatic rings. The fourth-order valence-electron chi connectivity index (χ4n) is 2.47. The van der Waals surface area contributed by atoms with Crippen molar-refractivity contribution in [2.45, 2.75) is 6.10 Å². The molecule has 2 aromatic carbocycles. The molecule has 0 radical (unpaired) electrons. The quantitative estimate of drug-likeness (QED) is 0.746. The van der Waals surface area contributed by atoms with Crippen LogP contribution in [0.15, 0.2) is 48.0 Å². The fourth-order valence-corrected chi connectivity index (χ4v) is 3.12. The van der Waals surface area contributed by atoms with Gasteiger partial charge in [0, 0.05) is 19.2 Å². The number of amides is 1. The average molecular weight is 342 g/mol. The van der Waals surface area contributed by atoms with Crippen molar-refractivity contribution < 1.29 is 14.3 Å². The zero-order valence-corrected chi connectivity index (χ0v) is 14.3. The molecule has 1 aromatic heterocycles. The highest BCUT2D eigenvalue weighted by Gasteiger charge is 2.14. The van der Waals surface area contributed by atoms with E-state index in [-0.39, 0.29) is 12.0 Å². The second kappa shape index (κ2) is 7.42. The van der Waals surface area contributed by atoms with Crippen LogP contribution in [-0.4, -0.2) is 31.7 Å². The molecule has 3 rings (SSSR count). The van der Waals surface area contributed by atoms with E-state index in [9.17, 15) is 4.79 Å². The SMILES string of the molecule is COc1cccc(C(CNC(=O)c2ccc3scnc3c2)OC)c1. The number of nitrogens with zero attached hydrogens (tertiary/aromatic N) is 1. The topological polar surface area (TPSA) is 60.5 Å². The molecule has 0 saturated heterocycles. The van der Waals surface area contributed by atoms with E-state index >= 15 is 0 Å². The van der Waals surface area contributed by atoms with E-state index in [1.54, 1.807) is 37.1 Å². The Bertz CT molecular complexity index is 847. The summed E-state index contributed by atoms with van der Waals surface area (Å²) in [7, 11) is 3.24. The lowest BCUT2D eigenvalue weighted by atomic mass is 10.1. The Kier molecular flexibility index (Phi) is 5.08. The van der Waals surface area contributed by atoms with Gasteiger partial charge in [-0.05, 0) is 35.9 Å². The minimum absolute atomic E-state index is 0.144. The molecule has 0 bridgehead atoms. The maximum absolute atomic E-state index is 12.4. The van der Waals surface area contributed by atoms with Gasteiger partial charge in [-0.3, -0.25) is 4.79 Å². The van der Waals surface area contributed by atoms with E-state index in [1.165, 1.54) is 0 Å². The number of carbonyl (C=O) groups excluding carboxylic acids is 1. The molecule has 1 atom stereocenters. The number of hydrogen-bond donors (Lipinski definition) is 1. The van der Waals surface area contributed by atoms with Crippen molar-refractivity contribution in [1.29, 1.82) is 0 Å². The lowest BCUT2D eigenvalue weighted by Gasteiger charge is -2.17. The third kappa shape index (κ3) is 3.55. The number of hydrogen-bond acceptors (Lipinski definition) is 5. The number of aromatic nitrogens is 1. The molecule has 5 nitrogen and oxygen atoms in total. The summed E-state index contributed by atoms with van der Waals surface area (Å²) in [6.07, 6.45) is -0.243. The van der Waals surface area contributed by atoms with Crippen LogP contribution >= 0.6 is 11.3 Å². The van der Waals surface area contributed by atoms with Gasteiger partial charge in [0.25, 0.3) is 5.91 Å². The highest BCUT2D eigenvalue weighted by Crippen LogP contribution is 2.22. The van der Waals surface area contributed by atoms with Crippen LogP contribution in [0.3, 0.4) is 0 Å². The Morgan fingerprint density at radius 2 is 2.12 bits per heavy atom. The summed E-state index contributed by atoms with van der Waals surface area (Å²) in [5.41, 5.74) is 4.15. The van der Waals surface area contributed by atoms with Gasteiger partial charge in [0.05, 0.1) is 28.9 Å². The van der Waals surface area contributed by atoms with Gasteiger partial charge < -0.3 is 14.8 Å². The molecule has 1 amide bonds. The van der Waals surface area contributed by atoms with E-state index in [4.69, 9.17) is 9.47 Å². The van der Waals surface area contributed by atoms with Gasteiger partial charge in [-0.2, -0.15) is 0 Å². The average Bonchev–Trinajstić information content (AvgIpc) is 3.10. The van der Waals surface area contributed by atoms with E-state index in [2.05, 4.69) is 10.3 Å². The van der Waals surface area contributed by atoms with Crippen molar-refractivity contribution in [2.75, 3.05) is 20.8 Å². The lowest BCUT2D eigenvalue weighted by molar-refractivity contribution is 0.0827. The number of methoxy groups -OCH3 is 2. The largest absolute Gasteiger partial charge is 0.497 e. The van der Waals surface area contributed by atoms with Crippen molar-refractivity contribution in [3.8, 4) is 5.75 Å². The Hall–Kier alpha value is -2.44. The Morgan fingerprint density at radius 3 is 2.92 bits per heavy atom. The number of benzene rings is 2. The molecular formula is C18H18N2O3S. The molecule has 0 saturated carbocycles. The first kappa shape index (κ1) is 16.4. The second-order valence-corrected chi connectivity index (χ2v) is 6.13. The zero-order chi connectivity index (χ0) is 16.9. The molecule has 1 heterocycles. The van der Waals surface area contributed by atoms with Crippen LogP contribution in [-0.2, 0) is 4.74 Å². The normalized spacial score (nSPS) is 12.1. The summed E-state index contributed by atoms with van der Waals surface area (Å²) < 4.78 is 11.8. The molecule has 0 fully saturated rings. The molecular weight excluding hydrogens is 324 g/mol. The maximum Gasteiger partial charge on any atom is 0.251 e. The van der Waals surface area contributed by atoms with Gasteiger partial charge in [0.15, 0.2) is 0 Å². The third-order valence-corrected chi connectivity index (χ3v) is 4.60. The summed E-state index contributed by atoms with van der Waals surface area (Å²) in [6.45, 7) is 0.373. The summed E-state index contributed by atoms with van der Waals surface area (Å²) >= 11 is 1.56. The highest BCUT2D eigenvalue weighted by molar-refractivity contribution is 7.16. The lowest BCUT2D eigenvalue weighted by Crippen LogP contribution is -2.29. The van der Waals surface area contributed by atoms with Crippen LogP contribution in [0.1, 0.15) is 22.0 Å². The molecule has 1 unspecified atom stereocenters. The summed E-state index contributed by atoms with van der Waals surface area (Å²) in [4.78, 5) is 16.6. The minimum Gasteiger partial charge on any atom is -0.497 e. The Morgan fingerprint density at radius 1 is 1.25 bits per heavy atom. The van der Waals surface area contributed by atoms with Crippen LogP contribution in [0.5, 0.6) is 5.75 Å². The van der Waals surface area contributed by atoms with Crippen LogP contribution < -0.4 is 10.1 Å². The number of carbonyl (C=O) groups is 1. The molecule has 1 N–H and O–H groups in total. The predicted octanol–water partition coefficient (Wildman–Crippen LogP) is 3.42. The molecule has 6 heteroatoms. The third-order valence-electron chi connectivity index (χ3n) is 3.79. The monoisotopic (exact) mass is 342 g/mol. The van der Waals surface area contributed by atoms with Gasteiger partial charge in [-0.25, -0.2) is 4.98 Å². The summed E-state index contributed by atoms with van der Waals surface area (Å²) in [5, 5.41) is 2.91. The molecule has 0 aliphatic heterocycles. The highest BCUT2D eigenvalue weighted by atomic mass is 32.1. The van der Waals surface area contributed by atoms with Crippen LogP contribution in [0.4, 0.5) is 0 Å². The van der Waals surface area contributed by atoms with E-state index in [0.29, 0.717) is 12.1 Å². The number of nitrogens with one attached hydrogen (secondary N) is 1. The molecule has 0 spiro atoms. The van der Waals surface area contributed by atoms with Crippen molar-refractivity contribution in [3.63, 3.8) is 0 Å². The van der Waals surface area contributed by atoms with Crippen molar-refractivity contribution in [1.82, 2.24) is 10.3 Å². The summed E-state index contributed by atoms with van der Waals surface area (Å²) in [5.74, 6) is 0.615. The number of fused-ring (bicyclic) bond motifs is 1. The van der Waals surface area contributed by atoms with Gasteiger partial charge in [0.2, 0.25) is 0 Å². The fraction of sp³-hybridized carbons (Fsp3) is 0.222. The Labute approximate surface area is 144 Å². The first-order chi connectivity index (χ1) is 11.7. The van der Waals surface area contributed by atoms with E-state index in [1.807, 2.05) is 36.4 Å². The molecule has 0 aliphatic carbocycles. The van der Waals surface area contributed by atoms with Gasteiger partial charge in [0.1, 0.15) is 5.75 Å².